The highest BCUT2D eigenvalue weighted by Crippen LogP contribution is 2.50. The van der Waals surface area contributed by atoms with Crippen LogP contribution in [-0.2, 0) is 9.47 Å². The van der Waals surface area contributed by atoms with Gasteiger partial charge in [-0.1, -0.05) is 0 Å². The molecule has 0 spiro atoms. The summed E-state index contributed by atoms with van der Waals surface area (Å²) in [5.41, 5.74) is 1.28. The Labute approximate surface area is 202 Å². The lowest BCUT2D eigenvalue weighted by Crippen LogP contribution is -2.50. The van der Waals surface area contributed by atoms with E-state index < -0.39 is 24.4 Å². The van der Waals surface area contributed by atoms with Crippen LogP contribution in [0.3, 0.4) is 0 Å². The number of benzene rings is 1. The molecule has 10 heteroatoms. The average Bonchev–Trinajstić information content (AvgIpc) is 3.15. The summed E-state index contributed by atoms with van der Waals surface area (Å²) < 4.78 is 48.9. The Morgan fingerprint density at radius 3 is 2.57 bits per heavy atom. The molecule has 3 heterocycles. The smallest absolute Gasteiger partial charge is 0.343 e. The van der Waals surface area contributed by atoms with E-state index in [0.29, 0.717) is 36.6 Å². The van der Waals surface area contributed by atoms with Crippen LogP contribution in [0, 0.1) is 0 Å². The molecule has 8 nitrogen and oxygen atoms in total. The Morgan fingerprint density at radius 1 is 1.14 bits per heavy atom. The van der Waals surface area contributed by atoms with Gasteiger partial charge in [0.2, 0.25) is 0 Å². The molecule has 1 atom stereocenters. The molecule has 1 saturated heterocycles. The number of pyridine rings is 1. The SMILES string of the molecule is COCCCOc1cc2c(cc1OCC(F)F)-c1cc(=O)c(C(=O)OC)cn1N1[C@@H]2CCC1(C)C. The van der Waals surface area contributed by atoms with Crippen molar-refractivity contribution in [2.45, 2.75) is 51.1 Å². The van der Waals surface area contributed by atoms with Crippen LogP contribution in [0.2, 0.25) is 0 Å². The van der Waals surface area contributed by atoms with Crippen molar-refractivity contribution < 1.29 is 32.5 Å². The van der Waals surface area contributed by atoms with Crippen molar-refractivity contribution in [3.63, 3.8) is 0 Å². The molecular formula is C25H30F2N2O6. The van der Waals surface area contributed by atoms with Gasteiger partial charge in [-0.15, -0.1) is 0 Å². The summed E-state index contributed by atoms with van der Waals surface area (Å²) in [6.45, 7) is 4.24. The van der Waals surface area contributed by atoms with Crippen LogP contribution in [0.1, 0.15) is 55.1 Å². The van der Waals surface area contributed by atoms with Gasteiger partial charge in [-0.2, -0.15) is 0 Å². The summed E-state index contributed by atoms with van der Waals surface area (Å²) in [5, 5.41) is 2.14. The third kappa shape index (κ3) is 4.71. The largest absolute Gasteiger partial charge is 0.490 e. The topological polar surface area (TPSA) is 79.2 Å². The van der Waals surface area contributed by atoms with Gasteiger partial charge >= 0.3 is 5.97 Å². The Balaban J connectivity index is 1.88. The van der Waals surface area contributed by atoms with E-state index >= 15 is 0 Å². The standard InChI is InChI=1S/C25H30F2N2O6/c1-25(2)7-6-18-15-10-21(34-9-5-8-32-3)22(35-14-23(26)27)11-16(15)19-12-20(30)17(24(31)33-4)13-28(19)29(18)25/h10-13,18,23H,5-9,14H2,1-4H3/t18-/m1/s1. The lowest BCUT2D eigenvalue weighted by molar-refractivity contribution is 0.0598. The van der Waals surface area contributed by atoms with Crippen LogP contribution in [0.4, 0.5) is 8.78 Å². The van der Waals surface area contributed by atoms with Gasteiger partial charge in [-0.05, 0) is 44.4 Å². The van der Waals surface area contributed by atoms with E-state index in [0.717, 1.165) is 18.4 Å². The van der Waals surface area contributed by atoms with E-state index in [4.69, 9.17) is 18.9 Å². The fourth-order valence-corrected chi connectivity index (χ4v) is 4.88. The monoisotopic (exact) mass is 492 g/mol. The molecule has 0 bridgehead atoms. The molecule has 1 aromatic heterocycles. The van der Waals surface area contributed by atoms with Gasteiger partial charge in [0.1, 0.15) is 12.2 Å². The Bertz CT molecular complexity index is 1160. The molecule has 0 amide bonds. The number of hydrogen-bond donors (Lipinski definition) is 0. The maximum absolute atomic E-state index is 13.0. The Morgan fingerprint density at radius 2 is 1.89 bits per heavy atom. The van der Waals surface area contributed by atoms with Crippen LogP contribution in [0.5, 0.6) is 11.5 Å². The number of halogens is 2. The number of carbonyl (C=O) groups is 1. The zero-order valence-electron chi connectivity index (χ0n) is 20.3. The van der Waals surface area contributed by atoms with E-state index in [9.17, 15) is 18.4 Å². The van der Waals surface area contributed by atoms with Gasteiger partial charge in [0.05, 0.1) is 31.0 Å². The van der Waals surface area contributed by atoms with Crippen molar-refractivity contribution in [2.75, 3.05) is 39.0 Å². The van der Waals surface area contributed by atoms with E-state index in [1.165, 1.54) is 19.4 Å². The van der Waals surface area contributed by atoms with E-state index in [1.54, 1.807) is 13.2 Å². The number of fused-ring (bicyclic) bond motifs is 6. The van der Waals surface area contributed by atoms with Gasteiger partial charge in [0.25, 0.3) is 6.43 Å². The van der Waals surface area contributed by atoms with Crippen molar-refractivity contribution in [2.24, 2.45) is 0 Å². The third-order valence-electron chi connectivity index (χ3n) is 6.48. The number of hydrogen-bond acceptors (Lipinski definition) is 7. The van der Waals surface area contributed by atoms with Crippen LogP contribution in [0.25, 0.3) is 11.3 Å². The zero-order chi connectivity index (χ0) is 25.3. The first-order valence-electron chi connectivity index (χ1n) is 11.5. The minimum atomic E-state index is -2.66. The van der Waals surface area contributed by atoms with E-state index in [2.05, 4.69) is 18.9 Å². The van der Waals surface area contributed by atoms with Crippen molar-refractivity contribution >= 4 is 5.97 Å². The maximum atomic E-state index is 13.0. The number of ether oxygens (including phenoxy) is 4. The van der Waals surface area contributed by atoms with Crippen molar-refractivity contribution in [3.05, 3.63) is 45.7 Å². The summed E-state index contributed by atoms with van der Waals surface area (Å²) in [7, 11) is 2.82. The lowest BCUT2D eigenvalue weighted by atomic mass is 9.93. The molecule has 0 radical (unpaired) electrons. The van der Waals surface area contributed by atoms with Crippen molar-refractivity contribution in [1.29, 1.82) is 0 Å². The highest BCUT2D eigenvalue weighted by Gasteiger charge is 2.45. The molecular weight excluding hydrogens is 462 g/mol. The average molecular weight is 493 g/mol. The number of alkyl halides is 2. The summed E-state index contributed by atoms with van der Waals surface area (Å²) in [4.78, 5) is 25.1. The first-order valence-corrected chi connectivity index (χ1v) is 11.5. The molecule has 1 fully saturated rings. The summed E-state index contributed by atoms with van der Waals surface area (Å²) in [6.07, 6.45) is 1.15. The molecule has 190 valence electrons. The number of methoxy groups -OCH3 is 2. The first kappa shape index (κ1) is 25.0. The normalized spacial score (nSPS) is 17.6. The van der Waals surface area contributed by atoms with Gasteiger partial charge in [-0.25, -0.2) is 13.6 Å². The second-order valence-corrected chi connectivity index (χ2v) is 9.27. The second kappa shape index (κ2) is 9.85. The Kier molecular flexibility index (Phi) is 7.02. The molecule has 0 unspecified atom stereocenters. The number of carbonyl (C=O) groups excluding carboxylic acids is 1. The van der Waals surface area contributed by atoms with Gasteiger partial charge < -0.3 is 18.9 Å². The summed E-state index contributed by atoms with van der Waals surface area (Å²) >= 11 is 0. The molecule has 2 aromatic rings. The molecule has 2 aliphatic rings. The fourth-order valence-electron chi connectivity index (χ4n) is 4.88. The minimum absolute atomic E-state index is 0.0755. The van der Waals surface area contributed by atoms with Crippen LogP contribution < -0.4 is 19.9 Å². The second-order valence-electron chi connectivity index (χ2n) is 9.27. The maximum Gasteiger partial charge on any atom is 0.343 e. The van der Waals surface area contributed by atoms with Gasteiger partial charge in [0.15, 0.2) is 16.9 Å². The molecule has 35 heavy (non-hydrogen) atoms. The fraction of sp³-hybridized carbons (Fsp3) is 0.520. The van der Waals surface area contributed by atoms with Crippen molar-refractivity contribution in [3.8, 4) is 22.8 Å². The van der Waals surface area contributed by atoms with Crippen molar-refractivity contribution in [1.82, 2.24) is 4.68 Å². The number of esters is 1. The molecule has 1 aromatic carbocycles. The van der Waals surface area contributed by atoms with Gasteiger partial charge in [-0.3, -0.25) is 14.5 Å². The van der Waals surface area contributed by atoms with E-state index in [-0.39, 0.29) is 22.9 Å². The molecule has 0 saturated carbocycles. The minimum Gasteiger partial charge on any atom is -0.490 e. The Hall–Kier alpha value is -3.14. The number of aromatic nitrogens is 1. The quantitative estimate of drug-likeness (QED) is 0.388. The number of nitrogens with zero attached hydrogens (tertiary/aromatic N) is 2. The highest BCUT2D eigenvalue weighted by atomic mass is 19.3. The van der Waals surface area contributed by atoms with E-state index in [1.807, 2.05) is 10.7 Å². The lowest BCUT2D eigenvalue weighted by Gasteiger charge is -2.44. The third-order valence-corrected chi connectivity index (χ3v) is 6.48. The predicted octanol–water partition coefficient (Wildman–Crippen LogP) is 3.93. The van der Waals surface area contributed by atoms with Gasteiger partial charge in [0, 0.05) is 38.0 Å². The zero-order valence-corrected chi connectivity index (χ0v) is 20.3. The molecule has 0 N–H and O–H groups in total. The summed E-state index contributed by atoms with van der Waals surface area (Å²) in [6, 6.07) is 4.77. The van der Waals surface area contributed by atoms with Crippen LogP contribution in [0.15, 0.2) is 29.2 Å². The first-order chi connectivity index (χ1) is 16.7. The molecule has 2 aliphatic heterocycles. The molecule has 4 rings (SSSR count). The number of rotatable bonds is 9. The molecule has 0 aliphatic carbocycles. The van der Waals surface area contributed by atoms with Crippen LogP contribution >= 0.6 is 0 Å². The highest BCUT2D eigenvalue weighted by molar-refractivity contribution is 5.89. The summed E-state index contributed by atoms with van der Waals surface area (Å²) in [5.74, 6) is -0.180. The van der Waals surface area contributed by atoms with Crippen LogP contribution in [-0.4, -0.2) is 56.7 Å². The predicted molar refractivity (Wildman–Crippen MR) is 125 cm³/mol.